The Balaban J connectivity index is 5.24. The minimum Gasteiger partial charge on any atom is -0.306 e. The van der Waals surface area contributed by atoms with E-state index in [4.69, 9.17) is 5.41 Å². The van der Waals surface area contributed by atoms with Crippen LogP contribution in [0.25, 0.3) is 0 Å². The topological polar surface area (TPSA) is 23.9 Å². The Morgan fingerprint density at radius 3 is 2.07 bits per heavy atom. The molecule has 0 aromatic rings. The van der Waals surface area contributed by atoms with Gasteiger partial charge in [0.15, 0.2) is 0 Å². The molecule has 1 N–H and O–H groups in total. The molecule has 0 rings (SSSR count). The van der Waals surface area contributed by atoms with E-state index in [1.54, 1.807) is 13.8 Å². The number of alkyl halides is 3. The number of rotatable bonds is 3. The third-order valence-electron chi connectivity index (χ3n) is 1.40. The maximum atomic E-state index is 12.5. The molecule has 0 saturated heterocycles. The highest BCUT2D eigenvalue weighted by atomic mass is 79.9. The summed E-state index contributed by atoms with van der Waals surface area (Å²) >= 11 is 2.89. The lowest BCUT2D eigenvalue weighted by atomic mass is 10.1. The summed E-state index contributed by atoms with van der Waals surface area (Å²) in [5, 5.41) is 7.06. The molecule has 0 aromatic heterocycles. The predicted molar refractivity (Wildman–Crippen MR) is 59.4 cm³/mol. The van der Waals surface area contributed by atoms with Gasteiger partial charge in [-0.15, -0.1) is 0 Å². The molecule has 0 saturated carbocycles. The molecule has 0 unspecified atom stereocenters. The van der Waals surface area contributed by atoms with Gasteiger partial charge in [0.1, 0.15) is 0 Å². The molecule has 0 atom stereocenters. The first kappa shape index (κ1) is 14.4. The van der Waals surface area contributed by atoms with Crippen LogP contribution in [-0.4, -0.2) is 11.9 Å². The first-order valence-corrected chi connectivity index (χ1v) is 5.15. The van der Waals surface area contributed by atoms with Gasteiger partial charge in [-0.3, -0.25) is 0 Å². The van der Waals surface area contributed by atoms with Gasteiger partial charge in [0.2, 0.25) is 0 Å². The largest absolute Gasteiger partial charge is 0.417 e. The quantitative estimate of drug-likeness (QED) is 0.585. The van der Waals surface area contributed by atoms with Gasteiger partial charge in [-0.1, -0.05) is 35.9 Å². The Hall–Kier alpha value is -0.580. The van der Waals surface area contributed by atoms with Crippen LogP contribution in [0, 0.1) is 11.3 Å². The van der Waals surface area contributed by atoms with Crippen molar-refractivity contribution in [3.8, 4) is 0 Å². The van der Waals surface area contributed by atoms with Gasteiger partial charge in [0, 0.05) is 10.2 Å². The van der Waals surface area contributed by atoms with E-state index in [0.29, 0.717) is 0 Å². The fourth-order valence-corrected chi connectivity index (χ4v) is 1.75. The number of hydrogen-bond acceptors (Lipinski definition) is 1. The lowest BCUT2D eigenvalue weighted by Gasteiger charge is -2.11. The van der Waals surface area contributed by atoms with Crippen LogP contribution < -0.4 is 0 Å². The third kappa shape index (κ3) is 5.77. The van der Waals surface area contributed by atoms with Gasteiger partial charge in [0.25, 0.3) is 0 Å². The zero-order chi connectivity index (χ0) is 12.2. The zero-order valence-electron chi connectivity index (χ0n) is 8.74. The molecule has 0 amide bonds. The van der Waals surface area contributed by atoms with Crippen LogP contribution >= 0.6 is 15.9 Å². The van der Waals surface area contributed by atoms with Crippen LogP contribution in [0.1, 0.15) is 20.8 Å². The van der Waals surface area contributed by atoms with Crippen molar-refractivity contribution in [3.63, 3.8) is 0 Å². The summed E-state index contributed by atoms with van der Waals surface area (Å²) in [4.78, 5) is 0. The minimum absolute atomic E-state index is 0.0103. The lowest BCUT2D eigenvalue weighted by molar-refractivity contribution is -0.0884. The van der Waals surface area contributed by atoms with Crippen molar-refractivity contribution in [2.75, 3.05) is 0 Å². The van der Waals surface area contributed by atoms with Gasteiger partial charge in [0.05, 0.1) is 5.57 Å². The van der Waals surface area contributed by atoms with Crippen LogP contribution in [0.15, 0.2) is 22.2 Å². The molecule has 0 aliphatic heterocycles. The fourth-order valence-electron chi connectivity index (χ4n) is 0.885. The molecule has 0 bridgehead atoms. The van der Waals surface area contributed by atoms with Crippen LogP contribution in [-0.2, 0) is 0 Å². The predicted octanol–water partition coefficient (Wildman–Crippen LogP) is 4.45. The van der Waals surface area contributed by atoms with Gasteiger partial charge >= 0.3 is 6.18 Å². The van der Waals surface area contributed by atoms with Crippen molar-refractivity contribution in [1.82, 2.24) is 0 Å². The molecule has 0 radical (unpaired) electrons. The summed E-state index contributed by atoms with van der Waals surface area (Å²) < 4.78 is 37.6. The summed E-state index contributed by atoms with van der Waals surface area (Å²) in [5.74, 6) is 0.0103. The van der Waals surface area contributed by atoms with E-state index in [0.717, 1.165) is 6.08 Å². The average Bonchev–Trinajstić information content (AvgIpc) is 1.95. The van der Waals surface area contributed by atoms with Crippen LogP contribution in [0.3, 0.4) is 0 Å². The first-order chi connectivity index (χ1) is 6.64. The van der Waals surface area contributed by atoms with Crippen molar-refractivity contribution in [1.29, 1.82) is 5.41 Å². The summed E-state index contributed by atoms with van der Waals surface area (Å²) in [6.07, 6.45) is -2.17. The van der Waals surface area contributed by atoms with Crippen molar-refractivity contribution >= 4 is 21.6 Å². The van der Waals surface area contributed by atoms with Gasteiger partial charge in [-0.2, -0.15) is 13.2 Å². The summed E-state index contributed by atoms with van der Waals surface area (Å²) in [7, 11) is 0. The van der Waals surface area contributed by atoms with Crippen LogP contribution in [0.4, 0.5) is 13.2 Å². The first-order valence-electron chi connectivity index (χ1n) is 4.36. The zero-order valence-corrected chi connectivity index (χ0v) is 10.3. The van der Waals surface area contributed by atoms with E-state index in [9.17, 15) is 13.2 Å². The Labute approximate surface area is 95.7 Å². The smallest absolute Gasteiger partial charge is 0.306 e. The molecule has 0 fully saturated rings. The van der Waals surface area contributed by atoms with E-state index in [2.05, 4.69) is 15.9 Å². The molecular formula is C10H13BrF3N. The van der Waals surface area contributed by atoms with E-state index in [1.807, 2.05) is 0 Å². The molecule has 0 heterocycles. The molecule has 86 valence electrons. The number of hydrogen-bond donors (Lipinski definition) is 1. The fraction of sp³-hybridized carbons (Fsp3) is 0.500. The Morgan fingerprint density at radius 1 is 1.33 bits per heavy atom. The Kier molecular flexibility index (Phi) is 5.28. The number of halogens is 4. The number of allylic oxidation sites excluding steroid dienone is 4. The molecule has 0 spiro atoms. The second-order valence-electron chi connectivity index (χ2n) is 3.50. The standard InChI is InChI=1S/C10H13BrF3N/c1-6(2)4-9(11)8(5-7(3)15)10(12,13)14/h4-6,15H,1-3H3/b8-5+,9-4?,15-7?. The van der Waals surface area contributed by atoms with E-state index in [-0.39, 0.29) is 16.1 Å². The lowest BCUT2D eigenvalue weighted by Crippen LogP contribution is -2.13. The second kappa shape index (κ2) is 5.49. The highest BCUT2D eigenvalue weighted by Crippen LogP contribution is 2.34. The van der Waals surface area contributed by atoms with Gasteiger partial charge in [-0.25, -0.2) is 0 Å². The minimum atomic E-state index is -4.44. The highest BCUT2D eigenvalue weighted by Gasteiger charge is 2.35. The van der Waals surface area contributed by atoms with Crippen molar-refractivity contribution in [2.45, 2.75) is 26.9 Å². The van der Waals surface area contributed by atoms with Crippen LogP contribution in [0.5, 0.6) is 0 Å². The van der Waals surface area contributed by atoms with Crippen molar-refractivity contribution in [3.05, 3.63) is 22.2 Å². The van der Waals surface area contributed by atoms with E-state index >= 15 is 0 Å². The average molecular weight is 284 g/mol. The molecule has 0 aliphatic rings. The molecular weight excluding hydrogens is 271 g/mol. The van der Waals surface area contributed by atoms with Crippen LogP contribution in [0.2, 0.25) is 0 Å². The van der Waals surface area contributed by atoms with Gasteiger partial charge < -0.3 is 5.41 Å². The van der Waals surface area contributed by atoms with E-state index in [1.165, 1.54) is 13.0 Å². The van der Waals surface area contributed by atoms with Gasteiger partial charge in [-0.05, 0) is 18.9 Å². The molecule has 5 heteroatoms. The second-order valence-corrected chi connectivity index (χ2v) is 4.35. The maximum absolute atomic E-state index is 12.5. The Morgan fingerprint density at radius 2 is 1.80 bits per heavy atom. The molecule has 15 heavy (non-hydrogen) atoms. The van der Waals surface area contributed by atoms with Crippen molar-refractivity contribution < 1.29 is 13.2 Å². The highest BCUT2D eigenvalue weighted by molar-refractivity contribution is 9.12. The SMILES string of the molecule is CC(=N)/C=C(\C(Br)=CC(C)C)C(F)(F)F. The number of nitrogens with one attached hydrogen (secondary N) is 1. The molecule has 1 nitrogen and oxygen atoms in total. The normalized spacial score (nSPS) is 14.7. The molecule has 0 aromatic carbocycles. The Bertz CT molecular complexity index is 300. The van der Waals surface area contributed by atoms with Crippen molar-refractivity contribution in [2.24, 2.45) is 5.92 Å². The summed E-state index contributed by atoms with van der Waals surface area (Å²) in [6, 6.07) is 0. The maximum Gasteiger partial charge on any atom is 0.417 e. The molecule has 0 aliphatic carbocycles. The van der Waals surface area contributed by atoms with E-state index < -0.39 is 11.7 Å². The summed E-state index contributed by atoms with van der Waals surface area (Å²) in [6.45, 7) is 4.88. The monoisotopic (exact) mass is 283 g/mol. The summed E-state index contributed by atoms with van der Waals surface area (Å²) in [5.41, 5.74) is -0.944. The third-order valence-corrected chi connectivity index (χ3v) is 2.09.